The Bertz CT molecular complexity index is 195. The zero-order chi connectivity index (χ0) is 11.9. The summed E-state index contributed by atoms with van der Waals surface area (Å²) in [5.74, 6) is 0.785. The Kier molecular flexibility index (Phi) is 7.40. The molecule has 0 bridgehead atoms. The summed E-state index contributed by atoms with van der Waals surface area (Å²) in [4.78, 5) is 0. The summed E-state index contributed by atoms with van der Waals surface area (Å²) in [6.45, 7) is 7.27. The molecule has 0 amide bonds. The lowest BCUT2D eigenvalue weighted by atomic mass is 10.00. The van der Waals surface area contributed by atoms with Crippen molar-refractivity contribution in [3.63, 3.8) is 0 Å². The topological polar surface area (TPSA) is 38.3 Å². The summed E-state index contributed by atoms with van der Waals surface area (Å²) in [5.41, 5.74) is -0.0695. The predicted octanol–water partition coefficient (Wildman–Crippen LogP) is 1.55. The first-order valence-corrected chi connectivity index (χ1v) is 7.18. The number of hydrogen-bond acceptors (Lipinski definition) is 3. The van der Waals surface area contributed by atoms with Crippen LogP contribution in [0.1, 0.15) is 33.6 Å². The van der Waals surface area contributed by atoms with Crippen molar-refractivity contribution in [3.05, 3.63) is 0 Å². The molecule has 0 aromatic carbocycles. The van der Waals surface area contributed by atoms with Crippen LogP contribution in [-0.4, -0.2) is 41.5 Å². The van der Waals surface area contributed by atoms with Crippen molar-refractivity contribution in [1.82, 2.24) is 5.32 Å². The molecule has 2 atom stereocenters. The second-order valence-corrected chi connectivity index (χ2v) is 6.21. The van der Waals surface area contributed by atoms with Crippen LogP contribution in [-0.2, 0) is 15.5 Å². The molecule has 1 N–H and O–H groups in total. The number of methoxy groups -OCH3 is 1. The fourth-order valence-electron chi connectivity index (χ4n) is 1.52. The third-order valence-electron chi connectivity index (χ3n) is 2.45. The van der Waals surface area contributed by atoms with E-state index < -0.39 is 10.8 Å². The first-order valence-electron chi connectivity index (χ1n) is 5.46. The smallest absolute Gasteiger partial charge is 0.0637 e. The Labute approximate surface area is 96.4 Å². The molecule has 0 aliphatic carbocycles. The molecule has 3 nitrogen and oxygen atoms in total. The highest BCUT2D eigenvalue weighted by Crippen LogP contribution is 2.15. The largest absolute Gasteiger partial charge is 0.379 e. The fraction of sp³-hybridized carbons (Fsp3) is 1.00. The second kappa shape index (κ2) is 7.36. The van der Waals surface area contributed by atoms with Gasteiger partial charge in [0.25, 0.3) is 0 Å². The Hall–Kier alpha value is 0.0700. The standard InChI is InChI=1S/C11H25NO2S/c1-10(9-11(2,3)14-4)12-7-6-8-15(5)13/h10,12H,6-9H2,1-5H3. The van der Waals surface area contributed by atoms with Gasteiger partial charge in [-0.3, -0.25) is 4.21 Å². The molecule has 0 rings (SSSR count). The molecule has 0 saturated heterocycles. The lowest BCUT2D eigenvalue weighted by Gasteiger charge is -2.27. The van der Waals surface area contributed by atoms with E-state index in [2.05, 4.69) is 26.1 Å². The molecule has 0 aromatic heterocycles. The van der Waals surface area contributed by atoms with Crippen molar-refractivity contribution in [2.45, 2.75) is 45.3 Å². The molecular formula is C11H25NO2S. The third-order valence-corrected chi connectivity index (χ3v) is 3.32. The first kappa shape index (κ1) is 15.1. The number of ether oxygens (including phenoxy) is 1. The van der Waals surface area contributed by atoms with Gasteiger partial charge in [0.1, 0.15) is 0 Å². The molecular weight excluding hydrogens is 210 g/mol. The minimum atomic E-state index is -0.666. The van der Waals surface area contributed by atoms with Gasteiger partial charge in [-0.25, -0.2) is 0 Å². The monoisotopic (exact) mass is 235 g/mol. The Morgan fingerprint density at radius 2 is 2.07 bits per heavy atom. The average molecular weight is 235 g/mol. The van der Waals surface area contributed by atoms with Crippen molar-refractivity contribution in [2.75, 3.05) is 25.7 Å². The van der Waals surface area contributed by atoms with Crippen molar-refractivity contribution in [3.8, 4) is 0 Å². The maximum absolute atomic E-state index is 10.8. The van der Waals surface area contributed by atoms with Gasteiger partial charge < -0.3 is 10.1 Å². The van der Waals surface area contributed by atoms with Gasteiger partial charge in [-0.1, -0.05) is 0 Å². The van der Waals surface area contributed by atoms with Gasteiger partial charge in [-0.15, -0.1) is 0 Å². The predicted molar refractivity (Wildman–Crippen MR) is 66.7 cm³/mol. The van der Waals surface area contributed by atoms with Crippen molar-refractivity contribution in [2.24, 2.45) is 0 Å². The van der Waals surface area contributed by atoms with Crippen molar-refractivity contribution >= 4 is 10.8 Å². The molecule has 0 heterocycles. The number of nitrogens with one attached hydrogen (secondary N) is 1. The Morgan fingerprint density at radius 1 is 1.47 bits per heavy atom. The van der Waals surface area contributed by atoms with E-state index in [0.717, 1.165) is 25.1 Å². The fourth-order valence-corrected chi connectivity index (χ4v) is 2.07. The third kappa shape index (κ3) is 9.03. The molecule has 0 aromatic rings. The van der Waals surface area contributed by atoms with E-state index in [-0.39, 0.29) is 5.60 Å². The van der Waals surface area contributed by atoms with Crippen molar-refractivity contribution in [1.29, 1.82) is 0 Å². The summed E-state index contributed by atoms with van der Waals surface area (Å²) in [6.07, 6.45) is 3.71. The zero-order valence-corrected chi connectivity index (χ0v) is 11.4. The van der Waals surface area contributed by atoms with E-state index in [4.69, 9.17) is 4.74 Å². The molecule has 15 heavy (non-hydrogen) atoms. The van der Waals surface area contributed by atoms with Crippen LogP contribution in [0.3, 0.4) is 0 Å². The van der Waals surface area contributed by atoms with Crippen LogP contribution in [0.2, 0.25) is 0 Å². The molecule has 4 heteroatoms. The maximum Gasteiger partial charge on any atom is 0.0637 e. The zero-order valence-electron chi connectivity index (χ0n) is 10.6. The molecule has 0 aliphatic heterocycles. The summed E-state index contributed by atoms with van der Waals surface area (Å²) in [5, 5.41) is 3.41. The number of rotatable bonds is 8. The van der Waals surface area contributed by atoms with Gasteiger partial charge in [0.05, 0.1) is 5.60 Å². The first-order chi connectivity index (χ1) is 6.87. The lowest BCUT2D eigenvalue weighted by Crippen LogP contribution is -2.36. The van der Waals surface area contributed by atoms with Gasteiger partial charge in [0, 0.05) is 36.0 Å². The van der Waals surface area contributed by atoms with Crippen LogP contribution in [0.15, 0.2) is 0 Å². The minimum Gasteiger partial charge on any atom is -0.379 e. The van der Waals surface area contributed by atoms with Crippen LogP contribution in [0.25, 0.3) is 0 Å². The molecule has 0 spiro atoms. The SMILES string of the molecule is COC(C)(C)CC(C)NCCCS(C)=O. The van der Waals surface area contributed by atoms with Crippen LogP contribution >= 0.6 is 0 Å². The quantitative estimate of drug-likeness (QED) is 0.649. The molecule has 0 aliphatic rings. The van der Waals surface area contributed by atoms with Gasteiger partial charge in [-0.05, 0) is 40.2 Å². The molecule has 2 unspecified atom stereocenters. The van der Waals surface area contributed by atoms with Gasteiger partial charge in [0.2, 0.25) is 0 Å². The summed E-state index contributed by atoms with van der Waals surface area (Å²) in [7, 11) is 1.08. The molecule has 92 valence electrons. The van der Waals surface area contributed by atoms with Crippen molar-refractivity contribution < 1.29 is 8.95 Å². The van der Waals surface area contributed by atoms with Gasteiger partial charge in [-0.2, -0.15) is 0 Å². The van der Waals surface area contributed by atoms with Crippen LogP contribution in [0.5, 0.6) is 0 Å². The highest BCUT2D eigenvalue weighted by molar-refractivity contribution is 7.84. The van der Waals surface area contributed by atoms with Crippen LogP contribution in [0, 0.1) is 0 Å². The van der Waals surface area contributed by atoms with Gasteiger partial charge in [0.15, 0.2) is 0 Å². The van der Waals surface area contributed by atoms with E-state index in [1.807, 2.05) is 0 Å². The number of hydrogen-bond donors (Lipinski definition) is 1. The van der Waals surface area contributed by atoms with E-state index in [0.29, 0.717) is 6.04 Å². The lowest BCUT2D eigenvalue weighted by molar-refractivity contribution is 0.00863. The normalized spacial score (nSPS) is 16.3. The van der Waals surface area contributed by atoms with E-state index in [1.54, 1.807) is 13.4 Å². The molecule has 0 radical (unpaired) electrons. The Morgan fingerprint density at radius 3 is 2.53 bits per heavy atom. The molecule has 0 fully saturated rings. The second-order valence-electron chi connectivity index (χ2n) is 4.65. The highest BCUT2D eigenvalue weighted by Gasteiger charge is 2.19. The van der Waals surface area contributed by atoms with Crippen LogP contribution in [0.4, 0.5) is 0 Å². The molecule has 0 saturated carbocycles. The Balaban J connectivity index is 3.57. The van der Waals surface area contributed by atoms with E-state index >= 15 is 0 Å². The van der Waals surface area contributed by atoms with Gasteiger partial charge >= 0.3 is 0 Å². The highest BCUT2D eigenvalue weighted by atomic mass is 32.2. The average Bonchev–Trinajstić information content (AvgIpc) is 2.11. The van der Waals surface area contributed by atoms with Crippen LogP contribution < -0.4 is 5.32 Å². The summed E-state index contributed by atoms with van der Waals surface area (Å²) < 4.78 is 16.2. The van der Waals surface area contributed by atoms with E-state index in [1.165, 1.54) is 0 Å². The summed E-state index contributed by atoms with van der Waals surface area (Å²) >= 11 is 0. The minimum absolute atomic E-state index is 0.0695. The maximum atomic E-state index is 10.8. The summed E-state index contributed by atoms with van der Waals surface area (Å²) in [6, 6.07) is 0.435. The van der Waals surface area contributed by atoms with E-state index in [9.17, 15) is 4.21 Å².